The first-order chi connectivity index (χ1) is 4.66. The molecule has 0 spiro atoms. The molecule has 0 aliphatic heterocycles. The zero-order valence-electron chi connectivity index (χ0n) is 7.02. The molecule has 0 saturated carbocycles. The van der Waals surface area contributed by atoms with Crippen molar-refractivity contribution in [3.63, 3.8) is 0 Å². The van der Waals surface area contributed by atoms with Crippen LogP contribution in [0, 0.1) is 0 Å². The second-order valence-corrected chi connectivity index (χ2v) is 2.30. The van der Waals surface area contributed by atoms with E-state index in [2.05, 4.69) is 24.6 Å². The summed E-state index contributed by atoms with van der Waals surface area (Å²) < 4.78 is 0. The molecule has 1 nitrogen and oxygen atoms in total. The summed E-state index contributed by atoms with van der Waals surface area (Å²) in [5.74, 6) is 0. The van der Waals surface area contributed by atoms with Crippen molar-refractivity contribution in [3.05, 3.63) is 24.4 Å². The Hall–Kier alpha value is -0.850. The van der Waals surface area contributed by atoms with Gasteiger partial charge in [0.25, 0.3) is 0 Å². The van der Waals surface area contributed by atoms with Crippen molar-refractivity contribution in [1.82, 2.24) is 0 Å². The number of hydrogen-bond donors (Lipinski definition) is 0. The monoisotopic (exact) mass is 137 g/mol. The van der Waals surface area contributed by atoms with Gasteiger partial charge in [-0.15, -0.1) is 0 Å². The maximum Gasteiger partial charge on any atom is 0.0372 e. The molecule has 0 rings (SSSR count). The number of allylic oxidation sites excluding steroid dienone is 3. The molecule has 0 fully saturated rings. The average Bonchev–Trinajstić information content (AvgIpc) is 1.82. The van der Waals surface area contributed by atoms with E-state index in [1.807, 2.05) is 19.9 Å². The van der Waals surface area contributed by atoms with Gasteiger partial charge in [0.2, 0.25) is 0 Å². The third-order valence-electron chi connectivity index (χ3n) is 0.962. The molecule has 0 aromatic carbocycles. The minimum atomic E-state index is 0.859. The van der Waals surface area contributed by atoms with Crippen LogP contribution >= 0.6 is 0 Å². The molecular formula is C9H15N. The predicted octanol–water partition coefficient (Wildman–Crippen LogP) is 2.95. The third-order valence-corrected chi connectivity index (χ3v) is 0.962. The van der Waals surface area contributed by atoms with Crippen molar-refractivity contribution < 1.29 is 0 Å². The zero-order valence-corrected chi connectivity index (χ0v) is 7.02. The maximum atomic E-state index is 4.15. The molecule has 0 aromatic heterocycles. The highest BCUT2D eigenvalue weighted by atomic mass is 14.7. The van der Waals surface area contributed by atoms with E-state index in [4.69, 9.17) is 0 Å². The van der Waals surface area contributed by atoms with Gasteiger partial charge in [0.05, 0.1) is 0 Å². The van der Waals surface area contributed by atoms with Gasteiger partial charge in [0.1, 0.15) is 0 Å². The quantitative estimate of drug-likeness (QED) is 0.530. The summed E-state index contributed by atoms with van der Waals surface area (Å²) in [4.78, 5) is 4.15. The molecule has 1 heteroatoms. The molecule has 0 saturated heterocycles. The molecule has 10 heavy (non-hydrogen) atoms. The Kier molecular flexibility index (Phi) is 4.55. The smallest absolute Gasteiger partial charge is 0.0372 e. The van der Waals surface area contributed by atoms with Crippen molar-refractivity contribution in [2.45, 2.75) is 27.2 Å². The molecule has 56 valence electrons. The Morgan fingerprint density at radius 1 is 1.50 bits per heavy atom. The first kappa shape index (κ1) is 9.15. The molecule has 0 aromatic rings. The van der Waals surface area contributed by atoms with Gasteiger partial charge in [-0.1, -0.05) is 19.6 Å². The molecular weight excluding hydrogens is 122 g/mol. The second kappa shape index (κ2) is 4.98. The van der Waals surface area contributed by atoms with Gasteiger partial charge in [-0.05, 0) is 26.3 Å². The Labute approximate surface area is 63.2 Å². The summed E-state index contributed by atoms with van der Waals surface area (Å²) in [7, 11) is 0. The molecule has 0 bridgehead atoms. The first-order valence-corrected chi connectivity index (χ1v) is 3.54. The van der Waals surface area contributed by atoms with Crippen LogP contribution < -0.4 is 0 Å². The summed E-state index contributed by atoms with van der Waals surface area (Å²) >= 11 is 0. The summed E-state index contributed by atoms with van der Waals surface area (Å²) in [6.45, 7) is 9.65. The SMILES string of the molecule is C=C(C)/N=C(C)\C=C/CC. The van der Waals surface area contributed by atoms with Gasteiger partial charge >= 0.3 is 0 Å². The molecule has 0 aliphatic carbocycles. The van der Waals surface area contributed by atoms with Crippen molar-refractivity contribution in [3.8, 4) is 0 Å². The van der Waals surface area contributed by atoms with Crippen LogP contribution in [0.25, 0.3) is 0 Å². The van der Waals surface area contributed by atoms with Crippen LogP contribution in [0.3, 0.4) is 0 Å². The number of rotatable bonds is 3. The third kappa shape index (κ3) is 5.29. The summed E-state index contributed by atoms with van der Waals surface area (Å²) in [6.07, 6.45) is 5.15. The van der Waals surface area contributed by atoms with Crippen molar-refractivity contribution in [1.29, 1.82) is 0 Å². The molecule has 0 atom stereocenters. The number of nitrogens with zero attached hydrogens (tertiary/aromatic N) is 1. The Bertz CT molecular complexity index is 164. The fourth-order valence-electron chi connectivity index (χ4n) is 0.627. The van der Waals surface area contributed by atoms with E-state index in [9.17, 15) is 0 Å². The topological polar surface area (TPSA) is 12.4 Å². The van der Waals surface area contributed by atoms with E-state index in [1.54, 1.807) is 0 Å². The maximum absolute atomic E-state index is 4.15. The van der Waals surface area contributed by atoms with Gasteiger partial charge in [-0.3, -0.25) is 4.99 Å². The lowest BCUT2D eigenvalue weighted by Crippen LogP contribution is -1.83. The van der Waals surface area contributed by atoms with Gasteiger partial charge in [0, 0.05) is 11.4 Å². The highest BCUT2D eigenvalue weighted by molar-refractivity contribution is 5.93. The van der Waals surface area contributed by atoms with Crippen LogP contribution in [0.5, 0.6) is 0 Å². The Morgan fingerprint density at radius 3 is 2.50 bits per heavy atom. The number of hydrogen-bond acceptors (Lipinski definition) is 1. The van der Waals surface area contributed by atoms with Crippen LogP contribution in [0.1, 0.15) is 27.2 Å². The van der Waals surface area contributed by atoms with E-state index < -0.39 is 0 Å². The molecule has 0 aliphatic rings. The fourth-order valence-corrected chi connectivity index (χ4v) is 0.627. The highest BCUT2D eigenvalue weighted by Gasteiger charge is 1.80. The predicted molar refractivity (Wildman–Crippen MR) is 47.4 cm³/mol. The average molecular weight is 137 g/mol. The number of aliphatic imine (C=N–C) groups is 1. The van der Waals surface area contributed by atoms with E-state index in [-0.39, 0.29) is 0 Å². The minimum Gasteiger partial charge on any atom is -0.259 e. The summed E-state index contributed by atoms with van der Waals surface area (Å²) in [5.41, 5.74) is 1.88. The highest BCUT2D eigenvalue weighted by Crippen LogP contribution is 1.92. The van der Waals surface area contributed by atoms with Gasteiger partial charge < -0.3 is 0 Å². The lowest BCUT2D eigenvalue weighted by molar-refractivity contribution is 1.22. The molecule has 0 radical (unpaired) electrons. The van der Waals surface area contributed by atoms with Gasteiger partial charge in [-0.25, -0.2) is 0 Å². The minimum absolute atomic E-state index is 0.859. The first-order valence-electron chi connectivity index (χ1n) is 3.54. The summed E-state index contributed by atoms with van der Waals surface area (Å²) in [6, 6.07) is 0. The fraction of sp³-hybridized carbons (Fsp3) is 0.444. The largest absolute Gasteiger partial charge is 0.259 e. The van der Waals surface area contributed by atoms with E-state index in [0.29, 0.717) is 0 Å². The molecule has 0 heterocycles. The van der Waals surface area contributed by atoms with Crippen molar-refractivity contribution in [2.24, 2.45) is 4.99 Å². The van der Waals surface area contributed by atoms with E-state index >= 15 is 0 Å². The lowest BCUT2D eigenvalue weighted by atomic mass is 10.3. The van der Waals surface area contributed by atoms with E-state index in [0.717, 1.165) is 17.8 Å². The summed E-state index contributed by atoms with van der Waals surface area (Å²) in [5, 5.41) is 0. The lowest BCUT2D eigenvalue weighted by Gasteiger charge is -1.90. The van der Waals surface area contributed by atoms with E-state index in [1.165, 1.54) is 0 Å². The van der Waals surface area contributed by atoms with Gasteiger partial charge in [-0.2, -0.15) is 0 Å². The van der Waals surface area contributed by atoms with Gasteiger partial charge in [0.15, 0.2) is 0 Å². The molecule has 0 unspecified atom stereocenters. The van der Waals surface area contributed by atoms with Crippen LogP contribution in [0.15, 0.2) is 29.4 Å². The van der Waals surface area contributed by atoms with Crippen LogP contribution in [0.4, 0.5) is 0 Å². The Balaban J connectivity index is 3.94. The standard InChI is InChI=1S/C9H15N/c1-5-6-7-9(4)10-8(2)3/h6-7H,2,5H2,1,3-4H3/b7-6-,10-9-. The normalized spacial score (nSPS) is 12.5. The zero-order chi connectivity index (χ0) is 7.98. The van der Waals surface area contributed by atoms with Crippen LogP contribution in [-0.4, -0.2) is 5.71 Å². The van der Waals surface area contributed by atoms with Crippen LogP contribution in [0.2, 0.25) is 0 Å². The molecule has 0 amide bonds. The second-order valence-electron chi connectivity index (χ2n) is 2.30. The molecule has 0 N–H and O–H groups in total. The van der Waals surface area contributed by atoms with Crippen molar-refractivity contribution >= 4 is 5.71 Å². The Morgan fingerprint density at radius 2 is 2.10 bits per heavy atom. The van der Waals surface area contributed by atoms with Crippen molar-refractivity contribution in [2.75, 3.05) is 0 Å². The van der Waals surface area contributed by atoms with Crippen LogP contribution in [-0.2, 0) is 0 Å².